The third-order valence-corrected chi connectivity index (χ3v) is 7.30. The van der Waals surface area contributed by atoms with Crippen molar-refractivity contribution in [3.8, 4) is 0 Å². The van der Waals surface area contributed by atoms with Crippen molar-refractivity contribution in [1.29, 1.82) is 0 Å². The summed E-state index contributed by atoms with van der Waals surface area (Å²) in [4.78, 5) is 90.7. The molecule has 2 aromatic rings. The molecule has 0 spiro atoms. The first-order valence-corrected chi connectivity index (χ1v) is 14.1. The third-order valence-electron chi connectivity index (χ3n) is 7.30. The van der Waals surface area contributed by atoms with Crippen molar-refractivity contribution in [1.82, 2.24) is 51.4 Å². The summed E-state index contributed by atoms with van der Waals surface area (Å²) in [6.07, 6.45) is 8.42. The van der Waals surface area contributed by atoms with E-state index in [0.717, 1.165) is 6.42 Å². The zero-order valence-corrected chi connectivity index (χ0v) is 23.4. The second kappa shape index (κ2) is 14.9. The lowest BCUT2D eigenvalue weighted by Crippen LogP contribution is -2.56. The molecule has 0 radical (unpaired) electrons. The van der Waals surface area contributed by atoms with E-state index in [0.29, 0.717) is 37.2 Å². The molecule has 2 fully saturated rings. The predicted octanol–water partition coefficient (Wildman–Crippen LogP) is -3.05. The molecule has 43 heavy (non-hydrogen) atoms. The van der Waals surface area contributed by atoms with E-state index in [2.05, 4.69) is 46.5 Å². The van der Waals surface area contributed by atoms with Gasteiger partial charge in [-0.15, -0.1) is 0 Å². The summed E-state index contributed by atoms with van der Waals surface area (Å²) in [6.45, 7) is -0.0480. The molecule has 8 N–H and O–H groups in total. The van der Waals surface area contributed by atoms with Crippen molar-refractivity contribution in [2.45, 2.75) is 62.7 Å². The molecule has 2 aliphatic rings. The van der Waals surface area contributed by atoms with Crippen LogP contribution in [0.5, 0.6) is 0 Å². The van der Waals surface area contributed by atoms with Crippen LogP contribution in [0.1, 0.15) is 37.1 Å². The van der Waals surface area contributed by atoms with E-state index < -0.39 is 66.9 Å². The van der Waals surface area contributed by atoms with Gasteiger partial charge in [-0.25, -0.2) is 9.97 Å². The number of aromatic nitrogens is 4. The lowest BCUT2D eigenvalue weighted by atomic mass is 10.1. The van der Waals surface area contributed by atoms with E-state index in [9.17, 15) is 28.8 Å². The van der Waals surface area contributed by atoms with Gasteiger partial charge >= 0.3 is 5.97 Å². The number of carboxylic acids is 1. The first-order chi connectivity index (χ1) is 20.7. The Morgan fingerprint density at radius 3 is 2.00 bits per heavy atom. The SMILES string of the molecule is O=C(O)CNC(=O)[C@H](Cc1cnc[nH]1)NC(=O)[C@@H]1CCCN1C(=O)CNC(=O)[C@H](Cc1cnc[nH]1)NC(=O)[C@@H]1CCCN1. The summed E-state index contributed by atoms with van der Waals surface area (Å²) in [6, 6.07) is -3.38. The summed E-state index contributed by atoms with van der Waals surface area (Å²) in [7, 11) is 0. The van der Waals surface area contributed by atoms with Crippen LogP contribution < -0.4 is 26.6 Å². The fraction of sp³-hybridized carbons (Fsp3) is 0.538. The van der Waals surface area contributed by atoms with Crippen LogP contribution in [-0.4, -0.2) is 116 Å². The largest absolute Gasteiger partial charge is 0.480 e. The van der Waals surface area contributed by atoms with Crippen molar-refractivity contribution in [2.24, 2.45) is 0 Å². The van der Waals surface area contributed by atoms with Crippen LogP contribution in [-0.2, 0) is 41.6 Å². The number of amides is 5. The number of carbonyl (C=O) groups excluding carboxylic acids is 5. The number of nitrogens with one attached hydrogen (secondary N) is 7. The topological polar surface area (TPSA) is 243 Å². The van der Waals surface area contributed by atoms with Gasteiger partial charge in [-0.2, -0.15) is 0 Å². The summed E-state index contributed by atoms with van der Waals surface area (Å²) in [5, 5.41) is 22.2. The van der Waals surface area contributed by atoms with Crippen LogP contribution in [0.2, 0.25) is 0 Å². The molecule has 232 valence electrons. The molecule has 17 heteroatoms. The summed E-state index contributed by atoms with van der Waals surface area (Å²) in [5.74, 6) is -3.90. The molecular formula is C26H36N10O7. The van der Waals surface area contributed by atoms with Crippen LogP contribution in [0.4, 0.5) is 0 Å². The van der Waals surface area contributed by atoms with Crippen molar-refractivity contribution in [3.05, 3.63) is 36.4 Å². The molecule has 0 aliphatic carbocycles. The molecule has 2 saturated heterocycles. The summed E-state index contributed by atoms with van der Waals surface area (Å²) in [5.41, 5.74) is 1.16. The molecular weight excluding hydrogens is 564 g/mol. The average Bonchev–Trinajstić information content (AvgIpc) is 3.81. The lowest BCUT2D eigenvalue weighted by molar-refractivity contribution is -0.140. The number of carboxylic acid groups (broad SMARTS) is 1. The Labute approximate surface area is 246 Å². The van der Waals surface area contributed by atoms with Gasteiger partial charge in [0, 0.05) is 43.2 Å². The van der Waals surface area contributed by atoms with Crippen molar-refractivity contribution < 1.29 is 33.9 Å². The van der Waals surface area contributed by atoms with Crippen LogP contribution in [0.3, 0.4) is 0 Å². The predicted molar refractivity (Wildman–Crippen MR) is 148 cm³/mol. The van der Waals surface area contributed by atoms with E-state index in [-0.39, 0.29) is 25.3 Å². The number of imidazole rings is 2. The maximum absolute atomic E-state index is 13.2. The highest BCUT2D eigenvalue weighted by Gasteiger charge is 2.36. The van der Waals surface area contributed by atoms with Crippen LogP contribution in [0.25, 0.3) is 0 Å². The van der Waals surface area contributed by atoms with Crippen LogP contribution >= 0.6 is 0 Å². The van der Waals surface area contributed by atoms with Crippen molar-refractivity contribution in [2.75, 3.05) is 26.2 Å². The molecule has 4 atom stereocenters. The normalized spacial score (nSPS) is 19.3. The minimum atomic E-state index is -1.24. The second-order valence-electron chi connectivity index (χ2n) is 10.4. The Kier molecular flexibility index (Phi) is 10.8. The minimum Gasteiger partial charge on any atom is -0.480 e. The minimum absolute atomic E-state index is 0.0216. The molecule has 0 bridgehead atoms. The van der Waals surface area contributed by atoms with Gasteiger partial charge in [0.1, 0.15) is 24.7 Å². The molecule has 0 saturated carbocycles. The highest BCUT2D eigenvalue weighted by atomic mass is 16.4. The fourth-order valence-electron chi connectivity index (χ4n) is 5.11. The first-order valence-electron chi connectivity index (χ1n) is 14.1. The molecule has 4 heterocycles. The zero-order chi connectivity index (χ0) is 30.8. The van der Waals surface area contributed by atoms with Gasteiger partial charge < -0.3 is 46.6 Å². The Morgan fingerprint density at radius 2 is 1.47 bits per heavy atom. The van der Waals surface area contributed by atoms with Gasteiger partial charge in [0.15, 0.2) is 0 Å². The standard InChI is InChI=1S/C26H36N10O7/c37-21(11-30-23(40)18(7-15-9-27-13-32-15)34-25(42)17-3-1-5-29-17)36-6-2-4-20(36)26(43)35-19(8-16-10-28-14-33-16)24(41)31-12-22(38)39/h9-10,13-14,17-20,29H,1-8,11-12H2,(H,27,32)(H,28,33)(H,30,40)(H,31,41)(H,34,42)(H,35,43)(H,38,39)/t17-,18-,19-,20-/m0/s1. The molecule has 2 aromatic heterocycles. The highest BCUT2D eigenvalue weighted by Crippen LogP contribution is 2.18. The van der Waals surface area contributed by atoms with Gasteiger partial charge in [-0.3, -0.25) is 28.8 Å². The number of rotatable bonds is 14. The second-order valence-corrected chi connectivity index (χ2v) is 10.4. The van der Waals surface area contributed by atoms with E-state index in [1.807, 2.05) is 0 Å². The molecule has 0 aromatic carbocycles. The van der Waals surface area contributed by atoms with Gasteiger partial charge in [0.05, 0.1) is 25.2 Å². The number of nitrogens with zero attached hydrogens (tertiary/aromatic N) is 3. The Balaban J connectivity index is 1.35. The molecule has 0 unspecified atom stereocenters. The van der Waals surface area contributed by atoms with Gasteiger partial charge in [0.2, 0.25) is 29.5 Å². The van der Waals surface area contributed by atoms with Crippen LogP contribution in [0, 0.1) is 0 Å². The molecule has 5 amide bonds. The molecule has 4 rings (SSSR count). The van der Waals surface area contributed by atoms with Crippen LogP contribution in [0.15, 0.2) is 25.0 Å². The number of aliphatic carboxylic acids is 1. The maximum atomic E-state index is 13.2. The maximum Gasteiger partial charge on any atom is 0.322 e. The van der Waals surface area contributed by atoms with Crippen molar-refractivity contribution in [3.63, 3.8) is 0 Å². The number of likely N-dealkylation sites (tertiary alicyclic amines) is 1. The summed E-state index contributed by atoms with van der Waals surface area (Å²) >= 11 is 0. The number of hydrogen-bond donors (Lipinski definition) is 8. The van der Waals surface area contributed by atoms with E-state index in [4.69, 9.17) is 5.11 Å². The molecule has 17 nitrogen and oxygen atoms in total. The van der Waals surface area contributed by atoms with Gasteiger partial charge in [-0.05, 0) is 32.2 Å². The smallest absolute Gasteiger partial charge is 0.322 e. The quantitative estimate of drug-likeness (QED) is 0.109. The first kappa shape index (κ1) is 31.1. The Morgan fingerprint density at radius 1 is 0.860 bits per heavy atom. The van der Waals surface area contributed by atoms with E-state index in [1.54, 1.807) is 6.20 Å². The van der Waals surface area contributed by atoms with Gasteiger partial charge in [0.25, 0.3) is 0 Å². The Bertz CT molecular complexity index is 1280. The fourth-order valence-corrected chi connectivity index (χ4v) is 5.11. The number of H-pyrrole nitrogens is 2. The van der Waals surface area contributed by atoms with E-state index >= 15 is 0 Å². The molecule has 2 aliphatic heterocycles. The van der Waals surface area contributed by atoms with Crippen molar-refractivity contribution >= 4 is 35.5 Å². The third kappa shape index (κ3) is 8.84. The Hall–Kier alpha value is -4.80. The average molecular weight is 601 g/mol. The number of hydrogen-bond acceptors (Lipinski definition) is 9. The monoisotopic (exact) mass is 600 g/mol. The van der Waals surface area contributed by atoms with Gasteiger partial charge in [-0.1, -0.05) is 0 Å². The summed E-state index contributed by atoms with van der Waals surface area (Å²) < 4.78 is 0. The number of aromatic amines is 2. The number of carbonyl (C=O) groups is 6. The zero-order valence-electron chi connectivity index (χ0n) is 23.4. The lowest BCUT2D eigenvalue weighted by Gasteiger charge is -2.27. The van der Waals surface area contributed by atoms with E-state index in [1.165, 1.54) is 23.8 Å². The highest BCUT2D eigenvalue weighted by molar-refractivity contribution is 5.95.